The Balaban J connectivity index is 1.93. The Morgan fingerprint density at radius 1 is 1.00 bits per heavy atom. The van der Waals surface area contributed by atoms with Gasteiger partial charge in [0.25, 0.3) is 5.89 Å². The second kappa shape index (κ2) is 5.61. The molecule has 0 aliphatic heterocycles. The molecule has 0 radical (unpaired) electrons. The van der Waals surface area contributed by atoms with Crippen molar-refractivity contribution in [3.63, 3.8) is 0 Å². The van der Waals surface area contributed by atoms with Gasteiger partial charge in [0.05, 0.1) is 5.56 Å². The average Bonchev–Trinajstić information content (AvgIpc) is 2.97. The van der Waals surface area contributed by atoms with Gasteiger partial charge in [-0.3, -0.25) is 0 Å². The molecule has 1 atom stereocenters. The van der Waals surface area contributed by atoms with Gasteiger partial charge in [-0.05, 0) is 17.7 Å². The number of halogens is 3. The molecule has 0 aliphatic rings. The van der Waals surface area contributed by atoms with Crippen molar-refractivity contribution < 1.29 is 13.2 Å². The van der Waals surface area contributed by atoms with Crippen molar-refractivity contribution in [2.24, 2.45) is 0 Å². The molecule has 3 rings (SSSR count). The Hall–Kier alpha value is -2.27. The van der Waals surface area contributed by atoms with E-state index < -0.39 is 17.0 Å². The van der Waals surface area contributed by atoms with Crippen LogP contribution in [0.4, 0.5) is 8.78 Å². The van der Waals surface area contributed by atoms with E-state index in [0.717, 1.165) is 17.7 Å². The van der Waals surface area contributed by atoms with Crippen LogP contribution in [0, 0.1) is 11.6 Å². The van der Waals surface area contributed by atoms with Crippen molar-refractivity contribution in [1.29, 1.82) is 0 Å². The fraction of sp³-hybridized carbons (Fsp3) is 0.0667. The topological polar surface area (TPSA) is 38.9 Å². The molecule has 0 aliphatic carbocycles. The molecule has 0 bridgehead atoms. The number of rotatable bonds is 3. The average molecular weight is 307 g/mol. The fourth-order valence-corrected chi connectivity index (χ4v) is 2.11. The van der Waals surface area contributed by atoms with E-state index in [0.29, 0.717) is 0 Å². The lowest BCUT2D eigenvalue weighted by molar-refractivity contribution is 0.507. The highest BCUT2D eigenvalue weighted by atomic mass is 35.5. The number of hydrogen-bond donors (Lipinski definition) is 0. The third kappa shape index (κ3) is 2.78. The van der Waals surface area contributed by atoms with Crippen molar-refractivity contribution in [2.45, 2.75) is 5.38 Å². The third-order valence-electron chi connectivity index (χ3n) is 2.91. The SMILES string of the molecule is Fc1ccc(-c2nnc(C(Cl)c3ccccc3)o2)c(F)c1. The molecule has 2 aromatic carbocycles. The lowest BCUT2D eigenvalue weighted by atomic mass is 10.1. The number of aromatic nitrogens is 2. The second-order valence-corrected chi connectivity index (χ2v) is 4.78. The summed E-state index contributed by atoms with van der Waals surface area (Å²) in [5.41, 5.74) is 0.820. The third-order valence-corrected chi connectivity index (χ3v) is 3.35. The van der Waals surface area contributed by atoms with E-state index in [4.69, 9.17) is 16.0 Å². The summed E-state index contributed by atoms with van der Waals surface area (Å²) < 4.78 is 31.9. The highest BCUT2D eigenvalue weighted by Gasteiger charge is 2.20. The van der Waals surface area contributed by atoms with Crippen molar-refractivity contribution in [1.82, 2.24) is 10.2 Å². The van der Waals surface area contributed by atoms with Crippen LogP contribution in [0.3, 0.4) is 0 Å². The molecule has 1 heterocycles. The first kappa shape index (κ1) is 13.7. The van der Waals surface area contributed by atoms with Gasteiger partial charge in [-0.15, -0.1) is 21.8 Å². The summed E-state index contributed by atoms with van der Waals surface area (Å²) in [7, 11) is 0. The van der Waals surface area contributed by atoms with Gasteiger partial charge in [0.1, 0.15) is 17.0 Å². The van der Waals surface area contributed by atoms with Crippen LogP contribution in [0.25, 0.3) is 11.5 Å². The molecule has 0 fully saturated rings. The highest BCUT2D eigenvalue weighted by Crippen LogP contribution is 2.30. The van der Waals surface area contributed by atoms with Crippen LogP contribution in [0.2, 0.25) is 0 Å². The second-order valence-electron chi connectivity index (χ2n) is 4.34. The molecule has 0 amide bonds. The van der Waals surface area contributed by atoms with Crippen molar-refractivity contribution in [2.75, 3.05) is 0 Å². The maximum absolute atomic E-state index is 13.7. The number of alkyl halides is 1. The Morgan fingerprint density at radius 2 is 1.76 bits per heavy atom. The van der Waals surface area contributed by atoms with Crippen LogP contribution in [0.5, 0.6) is 0 Å². The molecule has 21 heavy (non-hydrogen) atoms. The largest absolute Gasteiger partial charge is 0.419 e. The Morgan fingerprint density at radius 3 is 2.48 bits per heavy atom. The van der Waals surface area contributed by atoms with Crippen molar-refractivity contribution in [3.05, 3.63) is 71.6 Å². The smallest absolute Gasteiger partial charge is 0.250 e. The summed E-state index contributed by atoms with van der Waals surface area (Å²) >= 11 is 6.25. The quantitative estimate of drug-likeness (QED) is 0.676. The van der Waals surface area contributed by atoms with Gasteiger partial charge < -0.3 is 4.42 Å². The molecule has 0 N–H and O–H groups in total. The minimum absolute atomic E-state index is 0.0343. The molecule has 6 heteroatoms. The molecule has 3 nitrogen and oxygen atoms in total. The van der Waals surface area contributed by atoms with Gasteiger partial charge in [-0.1, -0.05) is 30.3 Å². The number of nitrogens with zero attached hydrogens (tertiary/aromatic N) is 2. The van der Waals surface area contributed by atoms with Gasteiger partial charge in [0, 0.05) is 6.07 Å². The van der Waals surface area contributed by atoms with Crippen molar-refractivity contribution >= 4 is 11.6 Å². The number of benzene rings is 2. The maximum Gasteiger partial charge on any atom is 0.250 e. The molecule has 0 saturated heterocycles. The molecule has 106 valence electrons. The fourth-order valence-electron chi connectivity index (χ4n) is 1.87. The Labute approximate surface area is 124 Å². The monoisotopic (exact) mass is 306 g/mol. The normalized spacial score (nSPS) is 12.3. The van der Waals surface area contributed by atoms with Crippen LogP contribution in [-0.2, 0) is 0 Å². The van der Waals surface area contributed by atoms with Gasteiger partial charge in [0.2, 0.25) is 5.89 Å². The zero-order chi connectivity index (χ0) is 14.8. The highest BCUT2D eigenvalue weighted by molar-refractivity contribution is 6.22. The lowest BCUT2D eigenvalue weighted by Gasteiger charge is -2.04. The van der Waals surface area contributed by atoms with Crippen LogP contribution in [-0.4, -0.2) is 10.2 Å². The minimum Gasteiger partial charge on any atom is -0.419 e. The molecular formula is C15H9ClF2N2O. The van der Waals surface area contributed by atoms with Crippen LogP contribution in [0.1, 0.15) is 16.8 Å². The summed E-state index contributed by atoms with van der Waals surface area (Å²) in [6.07, 6.45) is 0. The molecule has 0 spiro atoms. The first-order valence-electron chi connectivity index (χ1n) is 6.13. The summed E-state index contributed by atoms with van der Waals surface area (Å²) in [5.74, 6) is -1.32. The standard InChI is InChI=1S/C15H9ClF2N2O/c16-13(9-4-2-1-3-5-9)15-20-19-14(21-15)11-7-6-10(17)8-12(11)18/h1-8,13H. The molecule has 3 aromatic rings. The van der Waals surface area contributed by atoms with Crippen LogP contribution >= 0.6 is 11.6 Å². The van der Waals surface area contributed by atoms with Gasteiger partial charge in [-0.25, -0.2) is 8.78 Å². The summed E-state index contributed by atoms with van der Waals surface area (Å²) in [6.45, 7) is 0. The summed E-state index contributed by atoms with van der Waals surface area (Å²) in [6, 6.07) is 12.3. The van der Waals surface area contributed by atoms with Gasteiger partial charge in [-0.2, -0.15) is 0 Å². The van der Waals surface area contributed by atoms with E-state index in [2.05, 4.69) is 10.2 Å². The minimum atomic E-state index is -0.768. The predicted octanol–water partition coefficient (Wildman–Crippen LogP) is 4.34. The van der Waals surface area contributed by atoms with Gasteiger partial charge in [0.15, 0.2) is 0 Å². The molecule has 1 aromatic heterocycles. The summed E-state index contributed by atoms with van der Waals surface area (Å²) in [4.78, 5) is 0. The van der Waals surface area contributed by atoms with Gasteiger partial charge >= 0.3 is 0 Å². The first-order chi connectivity index (χ1) is 10.1. The maximum atomic E-state index is 13.7. The van der Waals surface area contributed by atoms with Crippen molar-refractivity contribution in [3.8, 4) is 11.5 Å². The van der Waals surface area contributed by atoms with E-state index in [9.17, 15) is 8.78 Å². The van der Waals surface area contributed by atoms with E-state index in [1.807, 2.05) is 30.3 Å². The van der Waals surface area contributed by atoms with Crippen LogP contribution < -0.4 is 0 Å². The molecule has 1 unspecified atom stereocenters. The Kier molecular flexibility index (Phi) is 3.66. The molecule has 0 saturated carbocycles. The van der Waals surface area contributed by atoms with E-state index in [1.165, 1.54) is 6.07 Å². The summed E-state index contributed by atoms with van der Waals surface area (Å²) in [5, 5.41) is 6.95. The first-order valence-corrected chi connectivity index (χ1v) is 6.56. The van der Waals surface area contributed by atoms with Crippen LogP contribution in [0.15, 0.2) is 52.9 Å². The predicted molar refractivity (Wildman–Crippen MR) is 73.8 cm³/mol. The zero-order valence-corrected chi connectivity index (χ0v) is 11.4. The lowest BCUT2D eigenvalue weighted by Crippen LogP contribution is -1.92. The van der Waals surface area contributed by atoms with E-state index in [1.54, 1.807) is 0 Å². The van der Waals surface area contributed by atoms with E-state index >= 15 is 0 Å². The van der Waals surface area contributed by atoms with E-state index in [-0.39, 0.29) is 17.3 Å². The number of hydrogen-bond acceptors (Lipinski definition) is 3. The molecular weight excluding hydrogens is 298 g/mol. The zero-order valence-electron chi connectivity index (χ0n) is 10.6. The Bertz CT molecular complexity index is 761.